The van der Waals surface area contributed by atoms with E-state index < -0.39 is 21.9 Å². The van der Waals surface area contributed by atoms with Crippen molar-refractivity contribution in [3.63, 3.8) is 0 Å². The highest BCUT2D eigenvalue weighted by Gasteiger charge is 2.36. The molecule has 1 fully saturated rings. The van der Waals surface area contributed by atoms with E-state index in [4.69, 9.17) is 22.0 Å². The van der Waals surface area contributed by atoms with E-state index in [9.17, 15) is 13.2 Å². The first kappa shape index (κ1) is 14.8. The normalized spacial score (nSPS) is 19.7. The van der Waals surface area contributed by atoms with Crippen LogP contribution in [0.15, 0.2) is 23.1 Å². The Bertz CT molecular complexity index is 696. The average molecular weight is 315 g/mol. The van der Waals surface area contributed by atoms with Gasteiger partial charge in [0.2, 0.25) is 10.0 Å². The number of aliphatic carboxylic acids is 1. The quantitative estimate of drug-likeness (QED) is 0.906. The zero-order valence-electron chi connectivity index (χ0n) is 10.3. The molecule has 1 aliphatic rings. The molecule has 20 heavy (non-hydrogen) atoms. The lowest BCUT2D eigenvalue weighted by Gasteiger charge is -2.16. The van der Waals surface area contributed by atoms with Crippen LogP contribution in [0.5, 0.6) is 0 Å². The minimum atomic E-state index is -3.88. The van der Waals surface area contributed by atoms with Crippen LogP contribution in [-0.4, -0.2) is 36.9 Å². The van der Waals surface area contributed by atoms with Crippen molar-refractivity contribution in [2.45, 2.75) is 11.3 Å². The molecule has 0 bridgehead atoms. The van der Waals surface area contributed by atoms with Gasteiger partial charge < -0.3 is 5.11 Å². The van der Waals surface area contributed by atoms with Gasteiger partial charge in [0, 0.05) is 18.1 Å². The number of rotatable bonds is 3. The zero-order valence-corrected chi connectivity index (χ0v) is 11.9. The summed E-state index contributed by atoms with van der Waals surface area (Å²) in [5, 5.41) is 18.2. The second-order valence-corrected chi connectivity index (χ2v) is 6.78. The van der Waals surface area contributed by atoms with Crippen molar-refractivity contribution < 1.29 is 18.3 Å². The van der Waals surface area contributed by atoms with Crippen LogP contribution >= 0.6 is 11.6 Å². The fourth-order valence-corrected chi connectivity index (χ4v) is 3.90. The summed E-state index contributed by atoms with van der Waals surface area (Å²) in [5.74, 6) is -1.72. The van der Waals surface area contributed by atoms with E-state index in [1.54, 1.807) is 6.07 Å². The molecule has 0 aliphatic carbocycles. The van der Waals surface area contributed by atoms with Crippen molar-refractivity contribution >= 4 is 27.6 Å². The molecule has 1 aliphatic heterocycles. The molecule has 0 spiro atoms. The van der Waals surface area contributed by atoms with Crippen LogP contribution < -0.4 is 0 Å². The first-order valence-corrected chi connectivity index (χ1v) is 7.60. The predicted octanol–water partition coefficient (Wildman–Crippen LogP) is 1.31. The van der Waals surface area contributed by atoms with E-state index in [2.05, 4.69) is 0 Å². The number of benzene rings is 1. The molecular formula is C12H11ClN2O4S. The summed E-state index contributed by atoms with van der Waals surface area (Å²) < 4.78 is 26.0. The first-order chi connectivity index (χ1) is 9.36. The molecule has 1 unspecified atom stereocenters. The molecule has 2 rings (SSSR count). The zero-order chi connectivity index (χ0) is 14.9. The van der Waals surface area contributed by atoms with Gasteiger partial charge in [0.05, 0.1) is 11.5 Å². The second kappa shape index (κ2) is 5.40. The van der Waals surface area contributed by atoms with E-state index in [0.717, 1.165) is 4.31 Å². The molecule has 1 saturated heterocycles. The molecule has 0 amide bonds. The van der Waals surface area contributed by atoms with Crippen LogP contribution in [0.1, 0.15) is 12.0 Å². The number of carbonyl (C=O) groups is 1. The fraction of sp³-hybridized carbons (Fsp3) is 0.333. The number of carboxylic acids is 1. The Hall–Kier alpha value is -1.62. The smallest absolute Gasteiger partial charge is 0.307 e. The van der Waals surface area contributed by atoms with Gasteiger partial charge in [0.1, 0.15) is 11.0 Å². The Morgan fingerprint density at radius 1 is 1.50 bits per heavy atom. The maximum atomic E-state index is 12.4. The van der Waals surface area contributed by atoms with Crippen LogP contribution in [0, 0.1) is 17.2 Å². The maximum Gasteiger partial charge on any atom is 0.307 e. The third-order valence-corrected chi connectivity index (χ3v) is 5.34. The molecule has 1 heterocycles. The Balaban J connectivity index is 2.38. The number of halogens is 1. The largest absolute Gasteiger partial charge is 0.481 e. The topological polar surface area (TPSA) is 98.5 Å². The molecule has 1 N–H and O–H groups in total. The Morgan fingerprint density at radius 3 is 2.75 bits per heavy atom. The maximum absolute atomic E-state index is 12.4. The highest BCUT2D eigenvalue weighted by molar-refractivity contribution is 7.89. The summed E-state index contributed by atoms with van der Waals surface area (Å²) in [5.41, 5.74) is -0.0451. The molecule has 1 atom stereocenters. The first-order valence-electron chi connectivity index (χ1n) is 5.79. The molecule has 0 radical (unpaired) electrons. The van der Waals surface area contributed by atoms with Gasteiger partial charge in [0.15, 0.2) is 0 Å². The van der Waals surface area contributed by atoms with Crippen molar-refractivity contribution in [2.75, 3.05) is 13.1 Å². The Morgan fingerprint density at radius 2 is 2.20 bits per heavy atom. The number of sulfonamides is 1. The van der Waals surface area contributed by atoms with Gasteiger partial charge >= 0.3 is 5.97 Å². The summed E-state index contributed by atoms with van der Waals surface area (Å²) in [7, 11) is -3.88. The van der Waals surface area contributed by atoms with Gasteiger partial charge in [-0.25, -0.2) is 8.42 Å². The monoisotopic (exact) mass is 314 g/mol. The second-order valence-electron chi connectivity index (χ2n) is 4.44. The number of hydrogen-bond acceptors (Lipinski definition) is 4. The van der Waals surface area contributed by atoms with E-state index in [-0.39, 0.29) is 35.0 Å². The molecule has 0 aromatic heterocycles. The van der Waals surface area contributed by atoms with Gasteiger partial charge in [-0.3, -0.25) is 4.79 Å². The number of hydrogen-bond donors (Lipinski definition) is 1. The van der Waals surface area contributed by atoms with Crippen LogP contribution in [0.25, 0.3) is 0 Å². The van der Waals surface area contributed by atoms with Crippen LogP contribution in [-0.2, 0) is 14.8 Å². The van der Waals surface area contributed by atoms with Crippen molar-refractivity contribution in [3.05, 3.63) is 28.8 Å². The fourth-order valence-electron chi connectivity index (χ4n) is 2.10. The predicted molar refractivity (Wildman–Crippen MR) is 70.7 cm³/mol. The van der Waals surface area contributed by atoms with Crippen LogP contribution in [0.4, 0.5) is 0 Å². The molecule has 8 heteroatoms. The molecule has 0 saturated carbocycles. The van der Waals surface area contributed by atoms with Crippen molar-refractivity contribution in [1.82, 2.24) is 4.31 Å². The Labute approximate surface area is 121 Å². The third kappa shape index (κ3) is 2.63. The molecule has 6 nitrogen and oxygen atoms in total. The number of nitrogens with zero attached hydrogens (tertiary/aromatic N) is 2. The lowest BCUT2D eigenvalue weighted by molar-refractivity contribution is -0.141. The van der Waals surface area contributed by atoms with Gasteiger partial charge in [-0.2, -0.15) is 9.57 Å². The van der Waals surface area contributed by atoms with Crippen molar-refractivity contribution in [1.29, 1.82) is 5.26 Å². The summed E-state index contributed by atoms with van der Waals surface area (Å²) in [4.78, 5) is 10.7. The summed E-state index contributed by atoms with van der Waals surface area (Å²) >= 11 is 5.73. The van der Waals surface area contributed by atoms with Crippen molar-refractivity contribution in [3.8, 4) is 6.07 Å². The standard InChI is InChI=1S/C12H11ClN2O4S/c13-10-1-2-11(9(5-10)6-14)20(18,19)15-4-3-8(7-15)12(16)17/h1-2,5,8H,3-4,7H2,(H,16,17). The lowest BCUT2D eigenvalue weighted by Crippen LogP contribution is -2.30. The van der Waals surface area contributed by atoms with E-state index in [1.807, 2.05) is 0 Å². The van der Waals surface area contributed by atoms with Crippen LogP contribution in [0.3, 0.4) is 0 Å². The van der Waals surface area contributed by atoms with Crippen molar-refractivity contribution in [2.24, 2.45) is 5.92 Å². The SMILES string of the molecule is N#Cc1cc(Cl)ccc1S(=O)(=O)N1CCC(C(=O)O)C1. The number of carboxylic acid groups (broad SMARTS) is 1. The van der Waals surface area contributed by atoms with Gasteiger partial charge in [-0.05, 0) is 24.6 Å². The highest BCUT2D eigenvalue weighted by atomic mass is 35.5. The molecule has 1 aromatic carbocycles. The highest BCUT2D eigenvalue weighted by Crippen LogP contribution is 2.27. The van der Waals surface area contributed by atoms with Crippen LogP contribution in [0.2, 0.25) is 5.02 Å². The minimum absolute atomic E-state index is 0.0451. The minimum Gasteiger partial charge on any atom is -0.481 e. The molecule has 1 aromatic rings. The summed E-state index contributed by atoms with van der Waals surface area (Å²) in [6.07, 6.45) is 0.268. The van der Waals surface area contributed by atoms with E-state index in [0.29, 0.717) is 0 Å². The van der Waals surface area contributed by atoms with E-state index >= 15 is 0 Å². The van der Waals surface area contributed by atoms with E-state index in [1.165, 1.54) is 18.2 Å². The van der Waals surface area contributed by atoms with Gasteiger partial charge in [-0.1, -0.05) is 11.6 Å². The van der Waals surface area contributed by atoms with Gasteiger partial charge in [0.25, 0.3) is 0 Å². The Kier molecular flexibility index (Phi) is 3.99. The summed E-state index contributed by atoms with van der Waals surface area (Å²) in [6.45, 7) is 0.0535. The molecule has 106 valence electrons. The average Bonchev–Trinajstić information content (AvgIpc) is 2.88. The summed E-state index contributed by atoms with van der Waals surface area (Å²) in [6, 6.07) is 5.73. The van der Waals surface area contributed by atoms with Gasteiger partial charge in [-0.15, -0.1) is 0 Å². The lowest BCUT2D eigenvalue weighted by atomic mass is 10.1. The molecular weight excluding hydrogens is 304 g/mol. The number of nitriles is 1. The third-order valence-electron chi connectivity index (χ3n) is 3.18.